The number of rotatable bonds is 3. The topological polar surface area (TPSA) is 39.2 Å². The molecule has 0 amide bonds. The van der Waals surface area contributed by atoms with Crippen molar-refractivity contribution < 1.29 is 9.53 Å². The van der Waals surface area contributed by atoms with Gasteiger partial charge in [0.2, 0.25) is 0 Å². The third-order valence-electron chi connectivity index (χ3n) is 4.93. The molecule has 0 fully saturated rings. The highest BCUT2D eigenvalue weighted by Gasteiger charge is 2.35. The lowest BCUT2D eigenvalue weighted by Crippen LogP contribution is -2.32. The molecular formula is C21H19NO2. The molecule has 4 rings (SSSR count). The van der Waals surface area contributed by atoms with E-state index in [0.29, 0.717) is 18.6 Å². The molecule has 1 atom stereocenters. The zero-order valence-electron chi connectivity index (χ0n) is 13.7. The molecule has 3 nitrogen and oxygen atoms in total. The Morgan fingerprint density at radius 3 is 2.88 bits per heavy atom. The Morgan fingerprint density at radius 1 is 1.12 bits per heavy atom. The summed E-state index contributed by atoms with van der Waals surface area (Å²) in [5, 5.41) is 1.00. The van der Waals surface area contributed by atoms with Crippen molar-refractivity contribution in [3.05, 3.63) is 71.9 Å². The van der Waals surface area contributed by atoms with Gasteiger partial charge in [0.05, 0.1) is 12.1 Å². The molecule has 3 aromatic rings. The first kappa shape index (κ1) is 14.9. The largest absolute Gasteiger partial charge is 0.493 e. The third-order valence-corrected chi connectivity index (χ3v) is 4.93. The summed E-state index contributed by atoms with van der Waals surface area (Å²) in [6.07, 6.45) is 3.04. The number of para-hydroxylation sites is 2. The van der Waals surface area contributed by atoms with E-state index in [4.69, 9.17) is 4.74 Å². The van der Waals surface area contributed by atoms with Gasteiger partial charge in [0.15, 0.2) is 5.78 Å². The maximum atomic E-state index is 13.1. The Kier molecular flexibility index (Phi) is 3.57. The first-order chi connectivity index (χ1) is 11.7. The summed E-state index contributed by atoms with van der Waals surface area (Å²) in [5.74, 6) is 1.04. The van der Waals surface area contributed by atoms with Crippen LogP contribution in [0.5, 0.6) is 5.75 Å². The van der Waals surface area contributed by atoms with Crippen LogP contribution in [0.25, 0.3) is 10.9 Å². The number of ether oxygens (including phenoxy) is 1. The molecule has 3 heteroatoms. The number of hydrogen-bond donors (Lipinski definition) is 0. The minimum atomic E-state index is -0.205. The first-order valence-corrected chi connectivity index (χ1v) is 8.27. The highest BCUT2D eigenvalue weighted by molar-refractivity contribution is 6.07. The lowest BCUT2D eigenvalue weighted by atomic mass is 9.73. The van der Waals surface area contributed by atoms with E-state index in [2.05, 4.69) is 18.0 Å². The van der Waals surface area contributed by atoms with E-state index in [1.807, 2.05) is 48.5 Å². The SMILES string of the molecule is C[C@]1(CC(=O)c2cccc3cccnc23)CCOc2ccccc21. The van der Waals surface area contributed by atoms with Crippen LogP contribution in [0.1, 0.15) is 35.7 Å². The van der Waals surface area contributed by atoms with Crippen molar-refractivity contribution >= 4 is 16.7 Å². The summed E-state index contributed by atoms with van der Waals surface area (Å²) < 4.78 is 5.75. The average Bonchev–Trinajstić information content (AvgIpc) is 2.61. The van der Waals surface area contributed by atoms with Crippen molar-refractivity contribution in [2.24, 2.45) is 0 Å². The molecule has 0 aliphatic carbocycles. The maximum absolute atomic E-state index is 13.1. The molecule has 2 aromatic carbocycles. The number of carbonyl (C=O) groups is 1. The lowest BCUT2D eigenvalue weighted by molar-refractivity contribution is 0.0935. The van der Waals surface area contributed by atoms with Crippen LogP contribution in [0.15, 0.2) is 60.8 Å². The van der Waals surface area contributed by atoms with Gasteiger partial charge >= 0.3 is 0 Å². The number of aromatic nitrogens is 1. The molecule has 1 aliphatic heterocycles. The molecular weight excluding hydrogens is 298 g/mol. The quantitative estimate of drug-likeness (QED) is 0.665. The number of Topliss-reactive ketones (excluding diaryl/α,β-unsaturated/α-hetero) is 1. The van der Waals surface area contributed by atoms with Crippen LogP contribution < -0.4 is 4.74 Å². The molecule has 24 heavy (non-hydrogen) atoms. The number of ketones is 1. The lowest BCUT2D eigenvalue weighted by Gasteiger charge is -2.35. The minimum absolute atomic E-state index is 0.138. The van der Waals surface area contributed by atoms with Crippen molar-refractivity contribution in [3.63, 3.8) is 0 Å². The molecule has 0 saturated carbocycles. The third kappa shape index (κ3) is 2.46. The smallest absolute Gasteiger partial charge is 0.165 e. The van der Waals surface area contributed by atoms with Crippen molar-refractivity contribution in [2.75, 3.05) is 6.61 Å². The second-order valence-corrected chi connectivity index (χ2v) is 6.64. The second-order valence-electron chi connectivity index (χ2n) is 6.64. The highest BCUT2D eigenvalue weighted by atomic mass is 16.5. The molecule has 120 valence electrons. The van der Waals surface area contributed by atoms with Gasteiger partial charge in [-0.3, -0.25) is 9.78 Å². The highest BCUT2D eigenvalue weighted by Crippen LogP contribution is 2.41. The Morgan fingerprint density at radius 2 is 1.96 bits per heavy atom. The molecule has 0 N–H and O–H groups in total. The molecule has 1 aromatic heterocycles. The predicted molar refractivity (Wildman–Crippen MR) is 94.6 cm³/mol. The van der Waals surface area contributed by atoms with E-state index in [-0.39, 0.29) is 11.2 Å². The van der Waals surface area contributed by atoms with Crippen molar-refractivity contribution in [2.45, 2.75) is 25.2 Å². The Hall–Kier alpha value is -2.68. The van der Waals surface area contributed by atoms with Crippen LogP contribution in [-0.2, 0) is 5.41 Å². The van der Waals surface area contributed by atoms with Gasteiger partial charge in [-0.1, -0.05) is 43.3 Å². The summed E-state index contributed by atoms with van der Waals surface area (Å²) >= 11 is 0. The Labute approximate surface area is 141 Å². The van der Waals surface area contributed by atoms with Crippen molar-refractivity contribution in [1.29, 1.82) is 0 Å². The summed E-state index contributed by atoms with van der Waals surface area (Å²) in [7, 11) is 0. The van der Waals surface area contributed by atoms with E-state index in [1.165, 1.54) is 0 Å². The van der Waals surface area contributed by atoms with Crippen molar-refractivity contribution in [1.82, 2.24) is 4.98 Å². The number of fused-ring (bicyclic) bond motifs is 2. The standard InChI is InChI=1S/C21H19NO2/c1-21(11-13-24-19-10-3-2-9-17(19)21)14-18(23)16-8-4-6-15-7-5-12-22-20(15)16/h2-10,12H,11,13-14H2,1H3/t21-/m1/s1. The van der Waals surface area contributed by atoms with Crippen LogP contribution in [-0.4, -0.2) is 17.4 Å². The van der Waals surface area contributed by atoms with E-state index in [1.54, 1.807) is 6.20 Å². The summed E-state index contributed by atoms with van der Waals surface area (Å²) in [5.41, 5.74) is 2.41. The minimum Gasteiger partial charge on any atom is -0.493 e. The number of hydrogen-bond acceptors (Lipinski definition) is 3. The number of nitrogens with zero attached hydrogens (tertiary/aromatic N) is 1. The summed E-state index contributed by atoms with van der Waals surface area (Å²) in [4.78, 5) is 17.5. The first-order valence-electron chi connectivity index (χ1n) is 8.27. The molecule has 0 spiro atoms. The Bertz CT molecular complexity index is 913. The number of benzene rings is 2. The zero-order chi connectivity index (χ0) is 16.6. The number of pyridine rings is 1. The molecule has 0 bridgehead atoms. The molecule has 1 aliphatic rings. The molecule has 0 unspecified atom stereocenters. The van der Waals surface area contributed by atoms with E-state index in [0.717, 1.165) is 28.6 Å². The normalized spacial score (nSPS) is 19.5. The van der Waals surface area contributed by atoms with Gasteiger partial charge < -0.3 is 4.74 Å². The fourth-order valence-electron chi connectivity index (χ4n) is 3.57. The van der Waals surface area contributed by atoms with Crippen LogP contribution in [0, 0.1) is 0 Å². The average molecular weight is 317 g/mol. The molecule has 0 radical (unpaired) electrons. The van der Waals surface area contributed by atoms with Gasteiger partial charge in [0.1, 0.15) is 5.75 Å². The van der Waals surface area contributed by atoms with Gasteiger partial charge in [0, 0.05) is 34.5 Å². The van der Waals surface area contributed by atoms with Gasteiger partial charge in [-0.2, -0.15) is 0 Å². The Balaban J connectivity index is 1.72. The predicted octanol–water partition coefficient (Wildman–Crippen LogP) is 4.55. The van der Waals surface area contributed by atoms with Crippen molar-refractivity contribution in [3.8, 4) is 5.75 Å². The second kappa shape index (κ2) is 5.75. The van der Waals surface area contributed by atoms with Gasteiger partial charge in [0.25, 0.3) is 0 Å². The van der Waals surface area contributed by atoms with E-state index in [9.17, 15) is 4.79 Å². The van der Waals surface area contributed by atoms with E-state index < -0.39 is 0 Å². The van der Waals surface area contributed by atoms with Crippen LogP contribution in [0.3, 0.4) is 0 Å². The maximum Gasteiger partial charge on any atom is 0.165 e. The van der Waals surface area contributed by atoms with Gasteiger partial charge in [-0.25, -0.2) is 0 Å². The summed E-state index contributed by atoms with van der Waals surface area (Å²) in [6.45, 7) is 2.80. The van der Waals surface area contributed by atoms with Crippen LogP contribution in [0.2, 0.25) is 0 Å². The van der Waals surface area contributed by atoms with E-state index >= 15 is 0 Å². The van der Waals surface area contributed by atoms with Crippen LogP contribution >= 0.6 is 0 Å². The summed E-state index contributed by atoms with van der Waals surface area (Å²) in [6, 6.07) is 17.7. The number of carbonyl (C=O) groups excluding carboxylic acids is 1. The molecule has 0 saturated heterocycles. The molecule has 2 heterocycles. The zero-order valence-corrected chi connectivity index (χ0v) is 13.7. The van der Waals surface area contributed by atoms with Gasteiger partial charge in [-0.05, 0) is 24.6 Å². The van der Waals surface area contributed by atoms with Crippen LogP contribution in [0.4, 0.5) is 0 Å². The fraction of sp³-hybridized carbons (Fsp3) is 0.238. The fourth-order valence-corrected chi connectivity index (χ4v) is 3.57. The van der Waals surface area contributed by atoms with Gasteiger partial charge in [-0.15, -0.1) is 0 Å². The monoisotopic (exact) mass is 317 g/mol.